The van der Waals surface area contributed by atoms with Crippen LogP contribution in [-0.4, -0.2) is 47.7 Å². The van der Waals surface area contributed by atoms with E-state index in [2.05, 4.69) is 19.4 Å². The molecular formula is C18H19F5N4O3S2. The topological polar surface area (TPSA) is 96.1 Å². The molecule has 1 heterocycles. The summed E-state index contributed by atoms with van der Waals surface area (Å²) in [6.07, 6.45) is -1.67. The summed E-state index contributed by atoms with van der Waals surface area (Å²) >= 11 is 4.73. The molecule has 0 fully saturated rings. The number of rotatable bonds is 7. The van der Waals surface area contributed by atoms with E-state index in [0.717, 1.165) is 13.2 Å². The SMILES string of the molecule is COC(=O)C(CNS(S)(c1ncc[nH]1)C1CCc2c(F)cc(F)cc21)NC(=O)C(F)(F)F. The Morgan fingerprint density at radius 2 is 2.09 bits per heavy atom. The molecule has 3 atom stereocenters. The largest absolute Gasteiger partial charge is 0.471 e. The predicted octanol–water partition coefficient (Wildman–Crippen LogP) is 3.11. The first-order valence-corrected chi connectivity index (χ1v) is 11.9. The van der Waals surface area contributed by atoms with Gasteiger partial charge in [-0.05, 0) is 30.0 Å². The first-order chi connectivity index (χ1) is 15.0. The minimum Gasteiger partial charge on any atom is -0.467 e. The highest BCUT2D eigenvalue weighted by atomic mass is 33.1. The zero-order valence-electron chi connectivity index (χ0n) is 16.5. The maximum Gasteiger partial charge on any atom is 0.471 e. The van der Waals surface area contributed by atoms with Crippen molar-refractivity contribution in [3.63, 3.8) is 0 Å². The van der Waals surface area contributed by atoms with Gasteiger partial charge in [0.2, 0.25) is 0 Å². The minimum atomic E-state index is -5.21. The Morgan fingerprint density at radius 1 is 1.38 bits per heavy atom. The molecule has 2 aromatic rings. The summed E-state index contributed by atoms with van der Waals surface area (Å²) in [4.78, 5) is 30.4. The van der Waals surface area contributed by atoms with Gasteiger partial charge >= 0.3 is 18.1 Å². The molecule has 3 N–H and O–H groups in total. The van der Waals surface area contributed by atoms with Gasteiger partial charge in [0.1, 0.15) is 17.7 Å². The quantitative estimate of drug-likeness (QED) is 0.204. The summed E-state index contributed by atoms with van der Waals surface area (Å²) in [6.45, 7) is -0.502. The molecule has 1 aromatic carbocycles. The van der Waals surface area contributed by atoms with Gasteiger partial charge in [-0.3, -0.25) is 9.52 Å². The molecule has 0 spiro atoms. The molecule has 0 saturated carbocycles. The number of esters is 1. The molecule has 1 amide bonds. The van der Waals surface area contributed by atoms with E-state index < -0.39 is 56.8 Å². The standard InChI is InChI=1S/C18H19F5N4O3S2/c1-30-15(28)13(27-16(29)18(21,22)23)8-26-32(31,17-24-4-5-25-17)14-3-2-10-11(14)6-9(19)7-12(10)20/h4-7,13-14,26,31H,2-3,8H2,1H3,(H,24,25)(H,27,29). The van der Waals surface area contributed by atoms with Gasteiger partial charge in [0.15, 0.2) is 5.16 Å². The number of H-pyrrole nitrogens is 1. The normalized spacial score (nSPS) is 19.5. The van der Waals surface area contributed by atoms with Crippen LogP contribution < -0.4 is 10.0 Å². The van der Waals surface area contributed by atoms with Gasteiger partial charge in [-0.1, -0.05) is 9.25 Å². The molecule has 1 aromatic heterocycles. The fourth-order valence-corrected chi connectivity index (χ4v) is 7.18. The van der Waals surface area contributed by atoms with Crippen LogP contribution in [0, 0.1) is 11.6 Å². The second-order valence-electron chi connectivity index (χ2n) is 6.90. The summed E-state index contributed by atoms with van der Waals surface area (Å²) in [5.74, 6) is -4.93. The van der Waals surface area contributed by atoms with Crippen molar-refractivity contribution in [2.75, 3.05) is 13.7 Å². The van der Waals surface area contributed by atoms with Crippen molar-refractivity contribution in [1.29, 1.82) is 0 Å². The molecule has 14 heteroatoms. The van der Waals surface area contributed by atoms with Crippen LogP contribution >= 0.6 is 20.9 Å². The molecule has 1 aliphatic carbocycles. The van der Waals surface area contributed by atoms with Crippen molar-refractivity contribution >= 4 is 32.8 Å². The van der Waals surface area contributed by atoms with Gasteiger partial charge in [0.05, 0.1) is 7.11 Å². The molecule has 0 aliphatic heterocycles. The molecule has 1 aliphatic rings. The van der Waals surface area contributed by atoms with Crippen LogP contribution in [0.3, 0.4) is 0 Å². The van der Waals surface area contributed by atoms with Crippen molar-refractivity contribution in [2.24, 2.45) is 0 Å². The molecule has 3 rings (SSSR count). The van der Waals surface area contributed by atoms with E-state index in [0.29, 0.717) is 17.5 Å². The van der Waals surface area contributed by atoms with Gasteiger partial charge < -0.3 is 15.0 Å². The third-order valence-electron chi connectivity index (χ3n) is 4.93. The number of halogens is 5. The second kappa shape index (κ2) is 9.27. The lowest BCUT2D eigenvalue weighted by molar-refractivity contribution is -0.175. The molecule has 7 nitrogen and oxygen atoms in total. The third kappa shape index (κ3) is 4.86. The van der Waals surface area contributed by atoms with Crippen LogP contribution in [0.5, 0.6) is 0 Å². The molecular weight excluding hydrogens is 479 g/mol. The highest BCUT2D eigenvalue weighted by Crippen LogP contribution is 2.68. The second-order valence-corrected chi connectivity index (χ2v) is 11.1. The average molecular weight is 498 g/mol. The lowest BCUT2D eigenvalue weighted by Crippen LogP contribution is -2.51. The summed E-state index contributed by atoms with van der Waals surface area (Å²) in [5, 5.41) is 1.28. The Hall–Kier alpha value is -2.32. The number of ether oxygens (including phenoxy) is 1. The Morgan fingerprint density at radius 3 is 2.69 bits per heavy atom. The zero-order chi connectivity index (χ0) is 23.7. The fraction of sp³-hybridized carbons (Fsp3) is 0.389. The number of methoxy groups -OCH3 is 1. The number of aromatic nitrogens is 2. The fourth-order valence-electron chi connectivity index (χ4n) is 3.47. The monoisotopic (exact) mass is 498 g/mol. The summed E-state index contributed by atoms with van der Waals surface area (Å²) in [5.41, 5.74) is 0.663. The first-order valence-electron chi connectivity index (χ1n) is 9.19. The minimum absolute atomic E-state index is 0.286. The predicted molar refractivity (Wildman–Crippen MR) is 109 cm³/mol. The molecule has 32 heavy (non-hydrogen) atoms. The number of fused-ring (bicyclic) bond motifs is 1. The van der Waals surface area contributed by atoms with Crippen LogP contribution in [0.2, 0.25) is 0 Å². The van der Waals surface area contributed by atoms with Gasteiger partial charge in [0.25, 0.3) is 0 Å². The zero-order valence-corrected chi connectivity index (χ0v) is 18.2. The number of nitrogens with one attached hydrogen (secondary N) is 3. The van der Waals surface area contributed by atoms with E-state index in [9.17, 15) is 31.5 Å². The maximum absolute atomic E-state index is 14.3. The Balaban J connectivity index is 1.92. The van der Waals surface area contributed by atoms with Crippen LogP contribution in [0.15, 0.2) is 29.7 Å². The Labute approximate surface area is 185 Å². The lowest BCUT2D eigenvalue weighted by Gasteiger charge is -2.40. The van der Waals surface area contributed by atoms with E-state index in [-0.39, 0.29) is 11.6 Å². The van der Waals surface area contributed by atoms with Crippen LogP contribution in [0.4, 0.5) is 22.0 Å². The number of imidazole rings is 1. The van der Waals surface area contributed by atoms with Gasteiger partial charge in [-0.15, -0.1) is 11.7 Å². The van der Waals surface area contributed by atoms with Crippen LogP contribution in [0.25, 0.3) is 0 Å². The van der Waals surface area contributed by atoms with Crippen molar-refractivity contribution in [1.82, 2.24) is 20.0 Å². The summed E-state index contributed by atoms with van der Waals surface area (Å²) in [6, 6.07) is 0.257. The van der Waals surface area contributed by atoms with E-state index >= 15 is 0 Å². The Kier molecular flexibility index (Phi) is 7.05. The first kappa shape index (κ1) is 24.3. The van der Waals surface area contributed by atoms with Crippen molar-refractivity contribution in [3.8, 4) is 0 Å². The van der Waals surface area contributed by atoms with Crippen molar-refractivity contribution < 1.29 is 36.3 Å². The van der Waals surface area contributed by atoms with Crippen LogP contribution in [0.1, 0.15) is 22.8 Å². The number of aromatic amines is 1. The van der Waals surface area contributed by atoms with E-state index in [1.54, 1.807) is 5.32 Å². The average Bonchev–Trinajstić information content (AvgIpc) is 3.40. The van der Waals surface area contributed by atoms with Gasteiger partial charge in [-0.25, -0.2) is 18.6 Å². The molecule has 3 unspecified atom stereocenters. The molecule has 0 radical (unpaired) electrons. The van der Waals surface area contributed by atoms with Crippen molar-refractivity contribution in [2.45, 2.75) is 35.5 Å². The molecule has 0 bridgehead atoms. The highest BCUT2D eigenvalue weighted by molar-refractivity contribution is 8.87. The number of carbonyl (C=O) groups is 2. The Bertz CT molecular complexity index is 1010. The number of alkyl halides is 3. The van der Waals surface area contributed by atoms with E-state index in [4.69, 9.17) is 11.7 Å². The maximum atomic E-state index is 14.3. The number of carbonyl (C=O) groups excluding carboxylic acids is 2. The van der Waals surface area contributed by atoms with Crippen molar-refractivity contribution in [3.05, 3.63) is 47.3 Å². The highest BCUT2D eigenvalue weighted by Gasteiger charge is 2.44. The third-order valence-corrected chi connectivity index (χ3v) is 9.34. The number of thiol groups is 1. The summed E-state index contributed by atoms with van der Waals surface area (Å²) in [7, 11) is -1.64. The number of amides is 1. The molecule has 176 valence electrons. The van der Waals surface area contributed by atoms with E-state index in [1.807, 2.05) is 0 Å². The molecule has 0 saturated heterocycles. The van der Waals surface area contributed by atoms with Gasteiger partial charge in [0, 0.05) is 30.3 Å². The lowest BCUT2D eigenvalue weighted by atomic mass is 10.1. The number of hydrogen-bond donors (Lipinski definition) is 4. The number of nitrogens with zero attached hydrogens (tertiary/aromatic N) is 1. The van der Waals surface area contributed by atoms with E-state index in [1.165, 1.54) is 18.5 Å². The summed E-state index contributed by atoms with van der Waals surface area (Å²) < 4.78 is 73.7. The number of hydrogen-bond acceptors (Lipinski definition) is 6. The van der Waals surface area contributed by atoms with Gasteiger partial charge in [-0.2, -0.15) is 13.2 Å². The smallest absolute Gasteiger partial charge is 0.467 e. The van der Waals surface area contributed by atoms with Crippen LogP contribution in [-0.2, 0) is 20.7 Å². The number of benzene rings is 1.